The average molecular weight is 263 g/mol. The van der Waals surface area contributed by atoms with Crippen LogP contribution in [0.25, 0.3) is 0 Å². The lowest BCUT2D eigenvalue weighted by molar-refractivity contribution is 0.0746. The lowest BCUT2D eigenvalue weighted by Crippen LogP contribution is -2.52. The first kappa shape index (κ1) is 13.2. The van der Waals surface area contributed by atoms with Gasteiger partial charge in [-0.25, -0.2) is 0 Å². The third kappa shape index (κ3) is 3.17. The Bertz CT molecular complexity index is 341. The summed E-state index contributed by atoms with van der Waals surface area (Å²) in [7, 11) is -3.29. The predicted molar refractivity (Wildman–Crippen MR) is 65.0 cm³/mol. The number of rotatable bonds is 2. The number of hydrogen-bond acceptors (Lipinski definition) is 4. The Labute approximate surface area is 103 Å². The molecule has 0 aliphatic carbocycles. The third-order valence-corrected chi connectivity index (χ3v) is 5.15. The molecule has 0 aromatic rings. The Morgan fingerprint density at radius 1 is 1.18 bits per heavy atom. The molecule has 2 aliphatic rings. The molecule has 7 heteroatoms. The molecule has 0 aromatic heterocycles. The summed E-state index contributed by atoms with van der Waals surface area (Å²) in [4.78, 5) is 0. The third-order valence-electron chi connectivity index (χ3n) is 3.14. The van der Waals surface area contributed by atoms with Crippen LogP contribution in [0.5, 0.6) is 0 Å². The first-order chi connectivity index (χ1) is 8.10. The van der Waals surface area contributed by atoms with Gasteiger partial charge in [0.15, 0.2) is 0 Å². The SMILES string of the molecule is CC1CN(S(=O)(=O)N2CCNCC2)CCCO1. The molecule has 1 N–H and O–H groups in total. The van der Waals surface area contributed by atoms with Gasteiger partial charge in [-0.2, -0.15) is 17.0 Å². The molecule has 2 heterocycles. The van der Waals surface area contributed by atoms with Crippen LogP contribution in [-0.2, 0) is 14.9 Å². The maximum atomic E-state index is 12.4. The molecule has 2 fully saturated rings. The zero-order valence-corrected chi connectivity index (χ0v) is 11.1. The van der Waals surface area contributed by atoms with Gasteiger partial charge in [0.25, 0.3) is 10.2 Å². The van der Waals surface area contributed by atoms with Crippen molar-refractivity contribution >= 4 is 10.2 Å². The zero-order valence-electron chi connectivity index (χ0n) is 10.3. The fourth-order valence-electron chi connectivity index (χ4n) is 2.20. The van der Waals surface area contributed by atoms with Crippen molar-refractivity contribution in [1.29, 1.82) is 0 Å². The van der Waals surface area contributed by atoms with E-state index >= 15 is 0 Å². The first-order valence-corrected chi connectivity index (χ1v) is 7.58. The normalized spacial score (nSPS) is 30.1. The van der Waals surface area contributed by atoms with Crippen molar-refractivity contribution < 1.29 is 13.2 Å². The number of nitrogens with one attached hydrogen (secondary N) is 1. The predicted octanol–water partition coefficient (Wildman–Crippen LogP) is -0.753. The summed E-state index contributed by atoms with van der Waals surface area (Å²) in [5.41, 5.74) is 0. The average Bonchev–Trinajstić information content (AvgIpc) is 2.55. The van der Waals surface area contributed by atoms with Crippen molar-refractivity contribution in [3.8, 4) is 0 Å². The molecule has 0 saturated carbocycles. The molecule has 0 aromatic carbocycles. The molecule has 100 valence electrons. The van der Waals surface area contributed by atoms with Gasteiger partial charge in [-0.1, -0.05) is 0 Å². The van der Waals surface area contributed by atoms with E-state index in [2.05, 4.69) is 5.32 Å². The number of piperazine rings is 1. The molecule has 17 heavy (non-hydrogen) atoms. The van der Waals surface area contributed by atoms with Crippen LogP contribution >= 0.6 is 0 Å². The van der Waals surface area contributed by atoms with Gasteiger partial charge in [-0.05, 0) is 13.3 Å². The lowest BCUT2D eigenvalue weighted by atomic mass is 10.4. The Kier molecular flexibility index (Phi) is 4.37. The van der Waals surface area contributed by atoms with Crippen LogP contribution < -0.4 is 5.32 Å². The van der Waals surface area contributed by atoms with E-state index in [4.69, 9.17) is 4.74 Å². The van der Waals surface area contributed by atoms with Gasteiger partial charge < -0.3 is 10.1 Å². The summed E-state index contributed by atoms with van der Waals surface area (Å²) in [6.45, 7) is 6.20. The van der Waals surface area contributed by atoms with E-state index in [1.165, 1.54) is 0 Å². The Balaban J connectivity index is 2.07. The van der Waals surface area contributed by atoms with Gasteiger partial charge in [0, 0.05) is 45.9 Å². The van der Waals surface area contributed by atoms with Crippen molar-refractivity contribution in [2.75, 3.05) is 45.9 Å². The van der Waals surface area contributed by atoms with Gasteiger partial charge in [0.05, 0.1) is 6.10 Å². The summed E-state index contributed by atoms with van der Waals surface area (Å²) in [5.74, 6) is 0. The maximum absolute atomic E-state index is 12.4. The molecule has 0 bridgehead atoms. The summed E-state index contributed by atoms with van der Waals surface area (Å²) < 4.78 is 33.4. The molecule has 0 spiro atoms. The van der Waals surface area contributed by atoms with E-state index in [-0.39, 0.29) is 6.10 Å². The van der Waals surface area contributed by atoms with E-state index in [0.717, 1.165) is 19.5 Å². The number of ether oxygens (including phenoxy) is 1. The lowest BCUT2D eigenvalue weighted by Gasteiger charge is -2.32. The molecule has 1 atom stereocenters. The van der Waals surface area contributed by atoms with Crippen LogP contribution in [0, 0.1) is 0 Å². The molecule has 0 radical (unpaired) electrons. The van der Waals surface area contributed by atoms with Gasteiger partial charge in [0.2, 0.25) is 0 Å². The topological polar surface area (TPSA) is 61.9 Å². The molecule has 0 amide bonds. The monoisotopic (exact) mass is 263 g/mol. The van der Waals surface area contributed by atoms with Crippen molar-refractivity contribution in [1.82, 2.24) is 13.9 Å². The Morgan fingerprint density at radius 2 is 1.88 bits per heavy atom. The van der Waals surface area contributed by atoms with Gasteiger partial charge in [-0.15, -0.1) is 0 Å². The minimum absolute atomic E-state index is 0.0183. The second kappa shape index (κ2) is 5.62. The summed E-state index contributed by atoms with van der Waals surface area (Å²) >= 11 is 0. The Hall–Kier alpha value is -0.210. The second-order valence-corrected chi connectivity index (χ2v) is 6.48. The highest BCUT2D eigenvalue weighted by Crippen LogP contribution is 2.14. The van der Waals surface area contributed by atoms with Crippen LogP contribution in [0.3, 0.4) is 0 Å². The van der Waals surface area contributed by atoms with Crippen molar-refractivity contribution in [2.24, 2.45) is 0 Å². The minimum atomic E-state index is -3.29. The van der Waals surface area contributed by atoms with Gasteiger partial charge in [0.1, 0.15) is 0 Å². The molecular weight excluding hydrogens is 242 g/mol. The summed E-state index contributed by atoms with van der Waals surface area (Å²) in [5, 5.41) is 3.16. The largest absolute Gasteiger partial charge is 0.377 e. The van der Waals surface area contributed by atoms with Crippen molar-refractivity contribution in [2.45, 2.75) is 19.4 Å². The molecule has 1 unspecified atom stereocenters. The van der Waals surface area contributed by atoms with Crippen LogP contribution in [-0.4, -0.2) is 69.0 Å². The number of nitrogens with zero attached hydrogens (tertiary/aromatic N) is 2. The first-order valence-electron chi connectivity index (χ1n) is 6.18. The second-order valence-electron chi connectivity index (χ2n) is 4.55. The fourth-order valence-corrected chi connectivity index (χ4v) is 3.93. The molecule has 2 aliphatic heterocycles. The van der Waals surface area contributed by atoms with E-state index in [0.29, 0.717) is 32.8 Å². The van der Waals surface area contributed by atoms with E-state index < -0.39 is 10.2 Å². The summed E-state index contributed by atoms with van der Waals surface area (Å²) in [6, 6.07) is 0. The highest BCUT2D eigenvalue weighted by molar-refractivity contribution is 7.86. The van der Waals surface area contributed by atoms with Crippen LogP contribution in [0.1, 0.15) is 13.3 Å². The molecular formula is C10H21N3O3S. The smallest absolute Gasteiger partial charge is 0.282 e. The standard InChI is InChI=1S/C10H21N3O3S/c1-10-9-13(5-2-8-16-10)17(14,15)12-6-3-11-4-7-12/h10-11H,2-9H2,1H3. The number of hydrogen-bond donors (Lipinski definition) is 1. The highest BCUT2D eigenvalue weighted by Gasteiger charge is 2.32. The molecule has 2 saturated heterocycles. The molecule has 6 nitrogen and oxygen atoms in total. The van der Waals surface area contributed by atoms with E-state index in [9.17, 15) is 8.42 Å². The summed E-state index contributed by atoms with van der Waals surface area (Å²) in [6.07, 6.45) is 0.755. The van der Waals surface area contributed by atoms with Gasteiger partial charge >= 0.3 is 0 Å². The van der Waals surface area contributed by atoms with Crippen LogP contribution in [0.4, 0.5) is 0 Å². The maximum Gasteiger partial charge on any atom is 0.282 e. The van der Waals surface area contributed by atoms with Crippen LogP contribution in [0.15, 0.2) is 0 Å². The van der Waals surface area contributed by atoms with Crippen molar-refractivity contribution in [3.63, 3.8) is 0 Å². The Morgan fingerprint density at radius 3 is 2.59 bits per heavy atom. The van der Waals surface area contributed by atoms with Crippen molar-refractivity contribution in [3.05, 3.63) is 0 Å². The molecule has 2 rings (SSSR count). The fraction of sp³-hybridized carbons (Fsp3) is 1.00. The zero-order chi connectivity index (χ0) is 12.3. The van der Waals surface area contributed by atoms with Crippen LogP contribution in [0.2, 0.25) is 0 Å². The quantitative estimate of drug-likeness (QED) is 0.712. The van der Waals surface area contributed by atoms with Gasteiger partial charge in [-0.3, -0.25) is 0 Å². The van der Waals surface area contributed by atoms with E-state index in [1.807, 2.05) is 6.92 Å². The highest BCUT2D eigenvalue weighted by atomic mass is 32.2. The van der Waals surface area contributed by atoms with E-state index in [1.54, 1.807) is 8.61 Å². The minimum Gasteiger partial charge on any atom is -0.377 e.